The van der Waals surface area contributed by atoms with Gasteiger partial charge in [-0.15, -0.1) is 0 Å². The van der Waals surface area contributed by atoms with E-state index in [0.717, 1.165) is 42.7 Å². The molecule has 1 aliphatic rings. The number of hydrogen-bond donors (Lipinski definition) is 4. The zero-order valence-corrected chi connectivity index (χ0v) is 14.3. The molecule has 132 valence electrons. The second-order valence-corrected chi connectivity index (χ2v) is 6.78. The van der Waals surface area contributed by atoms with Crippen LogP contribution in [0.5, 0.6) is 0 Å². The lowest BCUT2D eigenvalue weighted by Crippen LogP contribution is -2.54. The topological polar surface area (TPSA) is 127 Å². The number of rotatable bonds is 7. The summed E-state index contributed by atoms with van der Waals surface area (Å²) >= 11 is 5.90. The summed E-state index contributed by atoms with van der Waals surface area (Å²) in [6.45, 7) is 0. The van der Waals surface area contributed by atoms with Gasteiger partial charge >= 0.3 is 13.3 Å². The van der Waals surface area contributed by atoms with Crippen molar-refractivity contribution in [3.63, 3.8) is 0 Å². The van der Waals surface area contributed by atoms with Crippen molar-refractivity contribution in [2.75, 3.05) is 0 Å². The quantitative estimate of drug-likeness (QED) is 0.432. The minimum Gasteiger partial charge on any atom is -0.427 e. The van der Waals surface area contributed by atoms with Crippen LogP contribution in [0.25, 0.3) is 0 Å². The molecular weight excluding hydrogens is 330 g/mol. The van der Waals surface area contributed by atoms with Gasteiger partial charge in [-0.1, -0.05) is 36.6 Å². The summed E-state index contributed by atoms with van der Waals surface area (Å²) < 4.78 is 0. The Balaban J connectivity index is 0.000000891. The Morgan fingerprint density at radius 1 is 1.25 bits per heavy atom. The van der Waals surface area contributed by atoms with Gasteiger partial charge < -0.3 is 21.5 Å². The lowest BCUT2D eigenvalue weighted by molar-refractivity contribution is -0.191. The van der Waals surface area contributed by atoms with Gasteiger partial charge in [0, 0.05) is 16.6 Å². The zero-order valence-electron chi connectivity index (χ0n) is 13.5. The van der Waals surface area contributed by atoms with Crippen LogP contribution < -0.4 is 11.5 Å². The van der Waals surface area contributed by atoms with Crippen molar-refractivity contribution in [3.8, 4) is 0 Å². The predicted molar refractivity (Wildman–Crippen MR) is 91.9 cm³/mol. The second kappa shape index (κ2) is 9.94. The van der Waals surface area contributed by atoms with E-state index in [9.17, 15) is 0 Å². The number of halogens is 1. The molecule has 1 aromatic rings. The van der Waals surface area contributed by atoms with E-state index in [2.05, 4.69) is 0 Å². The lowest BCUT2D eigenvalue weighted by atomic mass is 9.62. The first-order valence-electron chi connectivity index (χ1n) is 7.98. The molecule has 0 saturated heterocycles. The third-order valence-corrected chi connectivity index (χ3v) is 4.78. The van der Waals surface area contributed by atoms with Crippen molar-refractivity contribution >= 4 is 24.9 Å². The van der Waals surface area contributed by atoms with Crippen molar-refractivity contribution < 1.29 is 19.6 Å². The molecule has 1 fully saturated rings. The molecule has 0 bridgehead atoms. The van der Waals surface area contributed by atoms with E-state index in [1.54, 1.807) is 0 Å². The molecule has 0 aromatic heterocycles. The second-order valence-electron chi connectivity index (χ2n) is 6.34. The minimum atomic E-state index is -1.20. The van der Waals surface area contributed by atoms with Gasteiger partial charge in [0.25, 0.3) is 0 Å². The molecule has 24 heavy (non-hydrogen) atoms. The fourth-order valence-electron chi connectivity index (χ4n) is 3.14. The highest BCUT2D eigenvalue weighted by Gasteiger charge is 2.44. The van der Waals surface area contributed by atoms with Gasteiger partial charge in [0.05, 0.1) is 0 Å². The summed E-state index contributed by atoms with van der Waals surface area (Å²) in [6, 6.07) is 7.88. The zero-order chi connectivity index (χ0) is 18.2. The first-order valence-corrected chi connectivity index (χ1v) is 8.36. The van der Waals surface area contributed by atoms with E-state index in [1.165, 1.54) is 0 Å². The SMILES string of the molecule is NC(CCCCB(O)O)C1CC(N)(c2ccc(Cl)cc2)C1.O=C=O. The minimum absolute atomic E-state index is 0.143. The monoisotopic (exact) mass is 354 g/mol. The molecule has 0 aliphatic heterocycles. The van der Waals surface area contributed by atoms with Crippen LogP contribution in [-0.4, -0.2) is 29.4 Å². The summed E-state index contributed by atoms with van der Waals surface area (Å²) in [7, 11) is -1.20. The summed E-state index contributed by atoms with van der Waals surface area (Å²) in [6.07, 6.45) is 5.10. The van der Waals surface area contributed by atoms with Crippen LogP contribution >= 0.6 is 11.6 Å². The first kappa shape index (κ1) is 20.8. The van der Waals surface area contributed by atoms with Crippen molar-refractivity contribution in [1.82, 2.24) is 0 Å². The van der Waals surface area contributed by atoms with E-state index in [1.807, 2.05) is 24.3 Å². The molecule has 0 amide bonds. The van der Waals surface area contributed by atoms with E-state index < -0.39 is 7.12 Å². The molecule has 1 saturated carbocycles. The van der Waals surface area contributed by atoms with Crippen LogP contribution in [0.3, 0.4) is 0 Å². The molecular formula is C16H24BClN2O4. The average Bonchev–Trinajstić information content (AvgIpc) is 2.49. The third kappa shape index (κ3) is 6.36. The first-order chi connectivity index (χ1) is 11.3. The molecule has 1 atom stereocenters. The Labute approximate surface area is 147 Å². The summed E-state index contributed by atoms with van der Waals surface area (Å²) in [5.74, 6) is 0.449. The molecule has 0 radical (unpaired) electrons. The van der Waals surface area contributed by atoms with Crippen molar-refractivity contribution in [3.05, 3.63) is 34.9 Å². The Morgan fingerprint density at radius 3 is 2.29 bits per heavy atom. The summed E-state index contributed by atoms with van der Waals surface area (Å²) in [5.41, 5.74) is 13.5. The predicted octanol–water partition coefficient (Wildman–Crippen LogP) is 1.29. The van der Waals surface area contributed by atoms with Gasteiger partial charge in [0.15, 0.2) is 0 Å². The Kier molecular flexibility index (Phi) is 8.63. The Bertz CT molecular complexity index is 529. The number of nitrogens with two attached hydrogens (primary N) is 2. The van der Waals surface area contributed by atoms with Gasteiger partial charge in [-0.25, -0.2) is 0 Å². The van der Waals surface area contributed by atoms with E-state index in [4.69, 9.17) is 42.7 Å². The Hall–Kier alpha value is -1.21. The highest BCUT2D eigenvalue weighted by atomic mass is 35.5. The van der Waals surface area contributed by atoms with Gasteiger partial charge in [-0.3, -0.25) is 0 Å². The van der Waals surface area contributed by atoms with Gasteiger partial charge in [-0.05, 0) is 49.2 Å². The Morgan fingerprint density at radius 2 is 1.79 bits per heavy atom. The van der Waals surface area contributed by atoms with Crippen LogP contribution in [0.4, 0.5) is 0 Å². The van der Waals surface area contributed by atoms with E-state index in [0.29, 0.717) is 12.2 Å². The summed E-state index contributed by atoms with van der Waals surface area (Å²) in [4.78, 5) is 16.2. The van der Waals surface area contributed by atoms with Crippen LogP contribution in [0.15, 0.2) is 24.3 Å². The maximum absolute atomic E-state index is 8.80. The van der Waals surface area contributed by atoms with Gasteiger partial charge in [0.1, 0.15) is 0 Å². The van der Waals surface area contributed by atoms with Gasteiger partial charge in [-0.2, -0.15) is 9.59 Å². The molecule has 0 spiro atoms. The normalized spacial score (nSPS) is 23.3. The van der Waals surface area contributed by atoms with Gasteiger partial charge in [0.2, 0.25) is 0 Å². The molecule has 8 heteroatoms. The fraction of sp³-hybridized carbons (Fsp3) is 0.562. The number of benzene rings is 1. The van der Waals surface area contributed by atoms with Crippen LogP contribution in [0.1, 0.15) is 37.7 Å². The highest BCUT2D eigenvalue weighted by Crippen LogP contribution is 2.45. The van der Waals surface area contributed by atoms with Crippen LogP contribution in [0.2, 0.25) is 11.3 Å². The lowest BCUT2D eigenvalue weighted by Gasteiger charge is -2.48. The van der Waals surface area contributed by atoms with E-state index in [-0.39, 0.29) is 17.7 Å². The molecule has 1 aliphatic carbocycles. The van der Waals surface area contributed by atoms with Crippen molar-refractivity contribution in [2.45, 2.75) is 50.0 Å². The highest BCUT2D eigenvalue weighted by molar-refractivity contribution is 6.40. The maximum atomic E-state index is 8.80. The average molecular weight is 355 g/mol. The number of carbonyl (C=O) groups excluding carboxylic acids is 2. The van der Waals surface area contributed by atoms with Crippen molar-refractivity contribution in [1.29, 1.82) is 0 Å². The van der Waals surface area contributed by atoms with Crippen LogP contribution in [0, 0.1) is 5.92 Å². The molecule has 1 unspecified atom stereocenters. The van der Waals surface area contributed by atoms with Crippen molar-refractivity contribution in [2.24, 2.45) is 17.4 Å². The molecule has 6 N–H and O–H groups in total. The standard InChI is InChI=1S/C15H24BClN2O2.CO2/c17-13-6-4-12(5-7-13)15(19)9-11(10-15)14(18)3-1-2-8-16(20)21;2-1-3/h4-7,11,14,20-21H,1-3,8-10,18-19H2;. The van der Waals surface area contributed by atoms with Crippen LogP contribution in [-0.2, 0) is 15.1 Å². The maximum Gasteiger partial charge on any atom is 0.451 e. The smallest absolute Gasteiger partial charge is 0.427 e. The number of unbranched alkanes of at least 4 members (excludes halogenated alkanes) is 1. The molecule has 1 aromatic carbocycles. The number of hydrogen-bond acceptors (Lipinski definition) is 6. The third-order valence-electron chi connectivity index (χ3n) is 4.53. The molecule has 2 rings (SSSR count). The molecule has 0 heterocycles. The van der Waals surface area contributed by atoms with E-state index >= 15 is 0 Å². The summed E-state index contributed by atoms with van der Waals surface area (Å²) in [5, 5.41) is 18.3. The largest absolute Gasteiger partial charge is 0.451 e. The molecule has 6 nitrogen and oxygen atoms in total. The fourth-order valence-corrected chi connectivity index (χ4v) is 3.26.